The highest BCUT2D eigenvalue weighted by Gasteiger charge is 2.19. The Morgan fingerprint density at radius 1 is 1.12 bits per heavy atom. The molecule has 1 atom stereocenters. The Morgan fingerprint density at radius 2 is 1.82 bits per heavy atom. The molecule has 2 amide bonds. The van der Waals surface area contributed by atoms with Crippen molar-refractivity contribution in [1.82, 2.24) is 15.7 Å². The molecule has 3 rings (SSSR count). The normalized spacial score (nSPS) is 14.8. The summed E-state index contributed by atoms with van der Waals surface area (Å²) in [5, 5.41) is 11.1. The summed E-state index contributed by atoms with van der Waals surface area (Å²) in [6.07, 6.45) is 3.74. The maximum atomic E-state index is 12.2. The average molecular weight is 449 g/mol. The third kappa shape index (κ3) is 7.56. The Labute approximate surface area is 193 Å². The van der Waals surface area contributed by atoms with Gasteiger partial charge in [0.25, 0.3) is 11.8 Å². The monoisotopic (exact) mass is 448 g/mol. The zero-order valence-corrected chi connectivity index (χ0v) is 18.3. The van der Waals surface area contributed by atoms with Gasteiger partial charge in [0.2, 0.25) is 0 Å². The third-order valence-electron chi connectivity index (χ3n) is 5.18. The molecule has 0 bridgehead atoms. The molecule has 2 aromatic rings. The second kappa shape index (κ2) is 12.5. The van der Waals surface area contributed by atoms with Crippen molar-refractivity contribution in [2.24, 2.45) is 5.73 Å². The lowest BCUT2D eigenvalue weighted by molar-refractivity contribution is -0.130. The van der Waals surface area contributed by atoms with Crippen LogP contribution in [-0.2, 0) is 16.1 Å². The Morgan fingerprint density at radius 3 is 2.45 bits per heavy atom. The van der Waals surface area contributed by atoms with E-state index in [4.69, 9.17) is 15.7 Å². The molecule has 8 nitrogen and oxygen atoms in total. The number of carbonyl (C=O) groups excluding carboxylic acids is 2. The second-order valence-corrected chi connectivity index (χ2v) is 7.55. The van der Waals surface area contributed by atoms with E-state index >= 15 is 0 Å². The van der Waals surface area contributed by atoms with Crippen molar-refractivity contribution >= 4 is 17.9 Å². The largest absolute Gasteiger partial charge is 0.379 e. The number of amides is 2. The fraction of sp³-hybridized carbons (Fsp3) is 0.280. The summed E-state index contributed by atoms with van der Waals surface area (Å²) in [6, 6.07) is 14.1. The third-order valence-corrected chi connectivity index (χ3v) is 5.18. The Balaban J connectivity index is 1.51. The van der Waals surface area contributed by atoms with E-state index in [1.807, 2.05) is 6.08 Å². The molecule has 0 aromatic heterocycles. The van der Waals surface area contributed by atoms with Gasteiger partial charge in [0.1, 0.15) is 6.04 Å². The van der Waals surface area contributed by atoms with Crippen LogP contribution in [0.4, 0.5) is 0 Å². The van der Waals surface area contributed by atoms with Crippen LogP contribution in [0.25, 0.3) is 6.08 Å². The zero-order chi connectivity index (χ0) is 23.5. The summed E-state index contributed by atoms with van der Waals surface area (Å²) in [7, 11) is 0. The van der Waals surface area contributed by atoms with Crippen molar-refractivity contribution in [2.75, 3.05) is 32.8 Å². The lowest BCUT2D eigenvalue weighted by Gasteiger charge is -2.26. The van der Waals surface area contributed by atoms with Crippen LogP contribution in [0.1, 0.15) is 27.0 Å². The Kier molecular flexibility index (Phi) is 9.18. The number of allylic oxidation sites excluding steroid dienone is 1. The summed E-state index contributed by atoms with van der Waals surface area (Å²) in [6.45, 7) is 4.34. The SMILES string of the molecule is NCC(NC(=O)c1ccc(C#C/C=C\c2ccc(CN3CCOCC3)cc2)cc1)C(=O)NO. The second-order valence-electron chi connectivity index (χ2n) is 7.55. The van der Waals surface area contributed by atoms with E-state index in [2.05, 4.69) is 46.3 Å². The Bertz CT molecular complexity index is 1020. The molecule has 0 radical (unpaired) electrons. The summed E-state index contributed by atoms with van der Waals surface area (Å²) in [5.41, 5.74) is 10.4. The number of ether oxygens (including phenoxy) is 1. The quantitative estimate of drug-likeness (QED) is 0.287. The molecule has 5 N–H and O–H groups in total. The molecule has 1 unspecified atom stereocenters. The first-order valence-corrected chi connectivity index (χ1v) is 10.7. The Hall–Kier alpha value is -3.48. The topological polar surface area (TPSA) is 117 Å². The number of nitrogens with one attached hydrogen (secondary N) is 2. The first kappa shape index (κ1) is 24.2. The molecular weight excluding hydrogens is 420 g/mol. The number of hydrogen-bond donors (Lipinski definition) is 4. The molecule has 0 spiro atoms. The molecule has 1 heterocycles. The van der Waals surface area contributed by atoms with Gasteiger partial charge in [-0.15, -0.1) is 0 Å². The summed E-state index contributed by atoms with van der Waals surface area (Å²) in [5.74, 6) is 4.78. The fourth-order valence-electron chi connectivity index (χ4n) is 3.27. The van der Waals surface area contributed by atoms with Crippen molar-refractivity contribution < 1.29 is 19.5 Å². The number of benzene rings is 2. The molecule has 1 aliphatic heterocycles. The van der Waals surface area contributed by atoms with Crippen LogP contribution >= 0.6 is 0 Å². The van der Waals surface area contributed by atoms with Gasteiger partial charge >= 0.3 is 0 Å². The molecule has 1 fully saturated rings. The number of hydroxylamine groups is 1. The molecule has 8 heteroatoms. The van der Waals surface area contributed by atoms with Gasteiger partial charge in [-0.05, 0) is 47.5 Å². The van der Waals surface area contributed by atoms with Crippen LogP contribution in [0.15, 0.2) is 54.6 Å². The lowest BCUT2D eigenvalue weighted by atomic mass is 10.1. The first-order chi connectivity index (χ1) is 16.1. The molecule has 2 aromatic carbocycles. The number of hydrogen-bond acceptors (Lipinski definition) is 6. The number of carbonyl (C=O) groups is 2. The van der Waals surface area contributed by atoms with E-state index in [1.54, 1.807) is 30.3 Å². The van der Waals surface area contributed by atoms with E-state index < -0.39 is 17.9 Å². The van der Waals surface area contributed by atoms with Crippen LogP contribution < -0.4 is 16.5 Å². The van der Waals surface area contributed by atoms with E-state index in [0.717, 1.165) is 44.0 Å². The molecule has 0 saturated carbocycles. The highest BCUT2D eigenvalue weighted by atomic mass is 16.5. The van der Waals surface area contributed by atoms with Gasteiger partial charge in [-0.1, -0.05) is 36.1 Å². The van der Waals surface area contributed by atoms with Crippen molar-refractivity contribution in [1.29, 1.82) is 0 Å². The number of nitrogens with two attached hydrogens (primary N) is 1. The minimum atomic E-state index is -1.01. The number of nitrogens with zero attached hydrogens (tertiary/aromatic N) is 1. The average Bonchev–Trinajstić information content (AvgIpc) is 2.86. The molecule has 1 saturated heterocycles. The highest BCUT2D eigenvalue weighted by Crippen LogP contribution is 2.10. The van der Waals surface area contributed by atoms with Gasteiger partial charge in [-0.2, -0.15) is 0 Å². The minimum absolute atomic E-state index is 0.134. The van der Waals surface area contributed by atoms with Crippen LogP contribution in [0.5, 0.6) is 0 Å². The van der Waals surface area contributed by atoms with Gasteiger partial charge in [0.15, 0.2) is 0 Å². The zero-order valence-electron chi connectivity index (χ0n) is 18.3. The van der Waals surface area contributed by atoms with Crippen molar-refractivity contribution in [3.63, 3.8) is 0 Å². The predicted octanol–water partition coefficient (Wildman–Crippen LogP) is 1.15. The smallest absolute Gasteiger partial charge is 0.267 e. The standard InChI is InChI=1S/C25H28N4O4/c26-17-23(25(31)28-32)27-24(30)22-11-9-20(10-12-22)4-2-1-3-19-5-7-21(8-6-19)18-29-13-15-33-16-14-29/h1,3,5-12,23,32H,13-18,26H2,(H,27,30)(H,28,31)/b3-1-. The maximum Gasteiger partial charge on any atom is 0.267 e. The minimum Gasteiger partial charge on any atom is -0.379 e. The first-order valence-electron chi connectivity index (χ1n) is 10.7. The fourth-order valence-corrected chi connectivity index (χ4v) is 3.27. The van der Waals surface area contributed by atoms with Crippen molar-refractivity contribution in [3.8, 4) is 11.8 Å². The number of rotatable bonds is 7. The molecule has 0 aliphatic carbocycles. The van der Waals surface area contributed by atoms with Crippen LogP contribution in [0.2, 0.25) is 0 Å². The molecule has 1 aliphatic rings. The van der Waals surface area contributed by atoms with Crippen LogP contribution in [0.3, 0.4) is 0 Å². The molecule has 33 heavy (non-hydrogen) atoms. The van der Waals surface area contributed by atoms with E-state index in [0.29, 0.717) is 5.56 Å². The molecule has 172 valence electrons. The van der Waals surface area contributed by atoms with E-state index in [9.17, 15) is 9.59 Å². The highest BCUT2D eigenvalue weighted by molar-refractivity contribution is 5.97. The van der Waals surface area contributed by atoms with Gasteiger partial charge in [-0.3, -0.25) is 19.7 Å². The van der Waals surface area contributed by atoms with Crippen molar-refractivity contribution in [3.05, 3.63) is 76.9 Å². The van der Waals surface area contributed by atoms with E-state index in [-0.39, 0.29) is 6.54 Å². The summed E-state index contributed by atoms with van der Waals surface area (Å²) >= 11 is 0. The summed E-state index contributed by atoms with van der Waals surface area (Å²) in [4.78, 5) is 26.0. The van der Waals surface area contributed by atoms with Gasteiger partial charge in [0.05, 0.1) is 13.2 Å². The van der Waals surface area contributed by atoms with Crippen LogP contribution in [0, 0.1) is 11.8 Å². The van der Waals surface area contributed by atoms with E-state index in [1.165, 1.54) is 11.0 Å². The lowest BCUT2D eigenvalue weighted by Crippen LogP contribution is -2.50. The predicted molar refractivity (Wildman–Crippen MR) is 125 cm³/mol. The maximum absolute atomic E-state index is 12.2. The van der Waals surface area contributed by atoms with Crippen molar-refractivity contribution in [2.45, 2.75) is 12.6 Å². The summed E-state index contributed by atoms with van der Waals surface area (Å²) < 4.78 is 5.38. The van der Waals surface area contributed by atoms with Crippen LogP contribution in [-0.4, -0.2) is 60.8 Å². The van der Waals surface area contributed by atoms with Gasteiger partial charge in [0, 0.05) is 37.3 Å². The molecular formula is C25H28N4O4. The van der Waals surface area contributed by atoms with Gasteiger partial charge in [-0.25, -0.2) is 5.48 Å². The number of morpholine rings is 1. The van der Waals surface area contributed by atoms with Gasteiger partial charge < -0.3 is 15.8 Å².